The normalized spacial score (nSPS) is 16.6. The van der Waals surface area contributed by atoms with Crippen LogP contribution in [0, 0.1) is 0 Å². The first kappa shape index (κ1) is 18.8. The Morgan fingerprint density at radius 3 is 2.89 bits per heavy atom. The summed E-state index contributed by atoms with van der Waals surface area (Å²) in [5.74, 6) is 0. The van der Waals surface area contributed by atoms with Crippen molar-refractivity contribution in [1.29, 1.82) is 0 Å². The van der Waals surface area contributed by atoms with E-state index in [-0.39, 0.29) is 6.10 Å². The molecule has 3 aromatic rings. The summed E-state index contributed by atoms with van der Waals surface area (Å²) in [6, 6.07) is 18.2. The summed E-state index contributed by atoms with van der Waals surface area (Å²) in [4.78, 5) is 4.58. The number of hydrogen-bond acceptors (Lipinski definition) is 6. The number of nitrogens with one attached hydrogen (secondary N) is 1. The van der Waals surface area contributed by atoms with Crippen molar-refractivity contribution in [3.63, 3.8) is 0 Å². The number of aromatic nitrogens is 1. The molecule has 0 bridgehead atoms. The van der Waals surface area contributed by atoms with Gasteiger partial charge in [-0.05, 0) is 18.4 Å². The lowest BCUT2D eigenvalue weighted by molar-refractivity contribution is 0.0106. The van der Waals surface area contributed by atoms with Crippen molar-refractivity contribution in [2.24, 2.45) is 5.10 Å². The summed E-state index contributed by atoms with van der Waals surface area (Å²) >= 11 is 1.54. The van der Waals surface area contributed by atoms with Crippen molar-refractivity contribution in [2.75, 3.05) is 18.6 Å². The number of nitrogens with zero attached hydrogens (tertiary/aromatic N) is 2. The molecule has 0 radical (unpaired) electrons. The smallest absolute Gasteiger partial charge is 0.203 e. The number of anilines is 1. The molecule has 2 heterocycles. The van der Waals surface area contributed by atoms with Crippen LogP contribution in [0.3, 0.4) is 0 Å². The number of hydrogen-bond donors (Lipinski definition) is 1. The van der Waals surface area contributed by atoms with E-state index in [2.05, 4.69) is 33.7 Å². The fourth-order valence-corrected chi connectivity index (χ4v) is 3.76. The molecule has 144 valence electrons. The van der Waals surface area contributed by atoms with E-state index in [1.807, 2.05) is 48.0 Å². The van der Waals surface area contributed by atoms with E-state index >= 15 is 0 Å². The van der Waals surface area contributed by atoms with Crippen LogP contribution in [0.4, 0.5) is 5.13 Å². The summed E-state index contributed by atoms with van der Waals surface area (Å²) in [5, 5.41) is 7.15. The van der Waals surface area contributed by atoms with Crippen molar-refractivity contribution in [2.45, 2.75) is 25.6 Å². The van der Waals surface area contributed by atoms with Gasteiger partial charge in [-0.2, -0.15) is 5.10 Å². The van der Waals surface area contributed by atoms with Gasteiger partial charge >= 0.3 is 0 Å². The molecule has 0 amide bonds. The fraction of sp³-hybridized carbons (Fsp3) is 0.273. The standard InChI is InChI=1S/C22H23N3O2S/c1-2-7-17(8-3-1)21-16-28-22(24-21)25-23-13-18-9-4-5-10-19(18)14-26-15-20-11-6-12-27-20/h1-5,7-10,13,16,20H,6,11-12,14-15H2,(H,24,25). The number of ether oxygens (including phenoxy) is 2. The molecule has 1 aliphatic heterocycles. The van der Waals surface area contributed by atoms with E-state index < -0.39 is 0 Å². The molecule has 1 N–H and O–H groups in total. The summed E-state index contributed by atoms with van der Waals surface area (Å²) in [5.41, 5.74) is 7.22. The molecule has 0 aliphatic carbocycles. The highest BCUT2D eigenvalue weighted by Gasteiger charge is 2.15. The Balaban J connectivity index is 1.34. The van der Waals surface area contributed by atoms with Crippen molar-refractivity contribution in [3.05, 3.63) is 71.1 Å². The van der Waals surface area contributed by atoms with E-state index in [0.29, 0.717) is 13.2 Å². The molecular formula is C22H23N3O2S. The average molecular weight is 394 g/mol. The van der Waals surface area contributed by atoms with Gasteiger partial charge < -0.3 is 9.47 Å². The van der Waals surface area contributed by atoms with Gasteiger partial charge in [0, 0.05) is 23.1 Å². The average Bonchev–Trinajstić information content (AvgIpc) is 3.42. The van der Waals surface area contributed by atoms with E-state index in [4.69, 9.17) is 9.47 Å². The van der Waals surface area contributed by atoms with E-state index in [9.17, 15) is 0 Å². The number of benzene rings is 2. The third-order valence-electron chi connectivity index (χ3n) is 4.58. The number of hydrazone groups is 1. The van der Waals surface area contributed by atoms with Gasteiger partial charge in [0.15, 0.2) is 0 Å². The van der Waals surface area contributed by atoms with E-state index in [1.54, 1.807) is 0 Å². The molecule has 0 spiro atoms. The highest BCUT2D eigenvalue weighted by molar-refractivity contribution is 7.14. The van der Waals surface area contributed by atoms with Crippen LogP contribution < -0.4 is 5.43 Å². The van der Waals surface area contributed by atoms with Crippen LogP contribution in [0.5, 0.6) is 0 Å². The number of rotatable bonds is 8. The zero-order valence-electron chi connectivity index (χ0n) is 15.6. The summed E-state index contributed by atoms with van der Waals surface area (Å²) in [6.45, 7) is 2.05. The number of thiazole rings is 1. The van der Waals surface area contributed by atoms with Crippen LogP contribution in [0.25, 0.3) is 11.3 Å². The molecule has 1 fully saturated rings. The molecule has 1 saturated heterocycles. The molecule has 1 aromatic heterocycles. The second kappa shape index (κ2) is 9.59. The minimum absolute atomic E-state index is 0.242. The minimum atomic E-state index is 0.242. The molecule has 1 unspecified atom stereocenters. The second-order valence-electron chi connectivity index (χ2n) is 6.62. The van der Waals surface area contributed by atoms with Gasteiger partial charge in [0.1, 0.15) is 0 Å². The zero-order valence-corrected chi connectivity index (χ0v) is 16.4. The van der Waals surface area contributed by atoms with Gasteiger partial charge in [-0.15, -0.1) is 11.3 Å². The highest BCUT2D eigenvalue weighted by Crippen LogP contribution is 2.24. The van der Waals surface area contributed by atoms with Crippen molar-refractivity contribution >= 4 is 22.7 Å². The first-order valence-electron chi connectivity index (χ1n) is 9.46. The van der Waals surface area contributed by atoms with Gasteiger partial charge in [-0.1, -0.05) is 54.6 Å². The Hall–Kier alpha value is -2.54. The lowest BCUT2D eigenvalue weighted by atomic mass is 10.1. The lowest BCUT2D eigenvalue weighted by Gasteiger charge is -2.11. The Morgan fingerprint density at radius 1 is 1.18 bits per heavy atom. The largest absolute Gasteiger partial charge is 0.376 e. The van der Waals surface area contributed by atoms with Crippen LogP contribution in [-0.2, 0) is 16.1 Å². The lowest BCUT2D eigenvalue weighted by Crippen LogP contribution is -2.14. The van der Waals surface area contributed by atoms with Gasteiger partial charge in [0.2, 0.25) is 5.13 Å². The quantitative estimate of drug-likeness (QED) is 0.434. The second-order valence-corrected chi connectivity index (χ2v) is 7.48. The van der Waals surface area contributed by atoms with Crippen molar-refractivity contribution < 1.29 is 9.47 Å². The van der Waals surface area contributed by atoms with Crippen molar-refractivity contribution in [3.8, 4) is 11.3 Å². The maximum absolute atomic E-state index is 5.84. The van der Waals surface area contributed by atoms with Gasteiger partial charge in [-0.3, -0.25) is 5.43 Å². The molecular weight excluding hydrogens is 370 g/mol. The molecule has 4 rings (SSSR count). The highest BCUT2D eigenvalue weighted by atomic mass is 32.1. The van der Waals surface area contributed by atoms with Gasteiger partial charge in [-0.25, -0.2) is 4.98 Å². The minimum Gasteiger partial charge on any atom is -0.376 e. The van der Waals surface area contributed by atoms with Crippen LogP contribution >= 0.6 is 11.3 Å². The fourth-order valence-electron chi connectivity index (χ4n) is 3.09. The maximum Gasteiger partial charge on any atom is 0.203 e. The zero-order chi connectivity index (χ0) is 19.0. The predicted molar refractivity (Wildman–Crippen MR) is 114 cm³/mol. The third-order valence-corrected chi connectivity index (χ3v) is 5.32. The molecule has 28 heavy (non-hydrogen) atoms. The molecule has 0 saturated carbocycles. The molecule has 6 heteroatoms. The molecule has 1 aliphatic rings. The third kappa shape index (κ3) is 5.04. The Morgan fingerprint density at radius 2 is 2.04 bits per heavy atom. The Labute approximate surface area is 169 Å². The van der Waals surface area contributed by atoms with E-state index in [1.165, 1.54) is 11.3 Å². The van der Waals surface area contributed by atoms with Gasteiger partial charge in [0.25, 0.3) is 0 Å². The Bertz CT molecular complexity index is 905. The summed E-state index contributed by atoms with van der Waals surface area (Å²) < 4.78 is 11.4. The maximum atomic E-state index is 5.84. The first-order valence-corrected chi connectivity index (χ1v) is 10.3. The van der Waals surface area contributed by atoms with Crippen LogP contribution in [0.15, 0.2) is 65.1 Å². The van der Waals surface area contributed by atoms with Crippen LogP contribution in [-0.4, -0.2) is 30.5 Å². The topological polar surface area (TPSA) is 55.7 Å². The van der Waals surface area contributed by atoms with Gasteiger partial charge in [0.05, 0.1) is 31.2 Å². The molecule has 5 nitrogen and oxygen atoms in total. The predicted octanol–water partition coefficient (Wildman–Crippen LogP) is 4.95. The summed E-state index contributed by atoms with van der Waals surface area (Å²) in [6.07, 6.45) is 4.28. The molecule has 2 aromatic carbocycles. The van der Waals surface area contributed by atoms with Crippen molar-refractivity contribution in [1.82, 2.24) is 4.98 Å². The Kier molecular flexibility index (Phi) is 6.44. The monoisotopic (exact) mass is 393 g/mol. The van der Waals surface area contributed by atoms with E-state index in [0.717, 1.165) is 47.0 Å². The summed E-state index contributed by atoms with van der Waals surface area (Å²) in [7, 11) is 0. The SMILES string of the molecule is C(=NNc1nc(-c2ccccc2)cs1)c1ccccc1COCC1CCCO1. The van der Waals surface area contributed by atoms with Crippen LogP contribution in [0.2, 0.25) is 0 Å². The molecule has 1 atom stereocenters. The van der Waals surface area contributed by atoms with Crippen LogP contribution in [0.1, 0.15) is 24.0 Å². The first-order chi connectivity index (χ1) is 13.9.